The molecule has 1 amide bonds. The number of nitrogens with zero attached hydrogens (tertiary/aromatic N) is 6. The molecular formula is C48H52F6N8O11S2. The van der Waals surface area contributed by atoms with E-state index < -0.39 is 104 Å². The van der Waals surface area contributed by atoms with Crippen LogP contribution in [0.1, 0.15) is 89.5 Å². The van der Waals surface area contributed by atoms with Gasteiger partial charge in [0.1, 0.15) is 23.0 Å². The Hall–Kier alpha value is -7.26. The second-order valence-electron chi connectivity index (χ2n) is 18.9. The highest BCUT2D eigenvalue weighted by Gasteiger charge is 2.32. The number of sulfonamides is 2. The summed E-state index contributed by atoms with van der Waals surface area (Å²) in [5.74, 6) is -6.56. The topological polar surface area (TPSA) is 259 Å². The minimum atomic E-state index is -4.32. The zero-order valence-electron chi connectivity index (χ0n) is 41.4. The maximum Gasteiger partial charge on any atom is 0.387 e. The third-order valence-corrected chi connectivity index (χ3v) is 13.7. The average molecular weight is 1100 g/mol. The van der Waals surface area contributed by atoms with Gasteiger partial charge in [-0.1, -0.05) is 27.7 Å². The molecule has 6 aromatic rings. The molecule has 75 heavy (non-hydrogen) atoms. The SMILES string of the molecule is CC(C)c1c(F)c(OC(F)F)cc(-c2ccnc(OCC(C)(C)n3cc(S(N)(=O)=O)cn3)c2)c1CC(=O)O.CC(C)c1c(F)c(OC(F)F)cc2c1CC(=O)NS(=O)(=O)c1cnn(c1)C(C)(C)COc1cc-2ccn1. The first-order valence-electron chi connectivity index (χ1n) is 22.6. The first-order chi connectivity index (χ1) is 34.9. The van der Waals surface area contributed by atoms with Crippen molar-refractivity contribution in [2.45, 2.75) is 114 Å². The van der Waals surface area contributed by atoms with Gasteiger partial charge in [0.25, 0.3) is 10.0 Å². The smallest absolute Gasteiger partial charge is 0.387 e. The Kier molecular flexibility index (Phi) is 17.0. The Morgan fingerprint density at radius 2 is 1.48 bits per heavy atom. The monoisotopic (exact) mass is 1090 g/mol. The molecule has 2 aromatic carbocycles. The summed E-state index contributed by atoms with van der Waals surface area (Å²) in [5, 5.41) is 22.7. The number of nitrogens with one attached hydrogen (secondary N) is 1. The summed E-state index contributed by atoms with van der Waals surface area (Å²) in [6.07, 6.45) is 6.39. The predicted octanol–water partition coefficient (Wildman–Crippen LogP) is 7.88. The molecule has 4 N–H and O–H groups in total. The van der Waals surface area contributed by atoms with Gasteiger partial charge >= 0.3 is 19.2 Å². The Morgan fingerprint density at radius 3 is 2.05 bits per heavy atom. The van der Waals surface area contributed by atoms with Crippen LogP contribution in [0, 0.1) is 11.6 Å². The van der Waals surface area contributed by atoms with Crippen molar-refractivity contribution in [2.24, 2.45) is 5.14 Å². The van der Waals surface area contributed by atoms with Gasteiger partial charge in [-0.25, -0.2) is 45.4 Å². The number of nitrogens with two attached hydrogens (primary N) is 1. The average Bonchev–Trinajstić information content (AvgIpc) is 4.03. The molecule has 27 heteroatoms. The van der Waals surface area contributed by atoms with Crippen LogP contribution in [0.5, 0.6) is 23.3 Å². The molecule has 4 aromatic heterocycles. The van der Waals surface area contributed by atoms with Crippen molar-refractivity contribution in [2.75, 3.05) is 13.2 Å². The Bertz CT molecular complexity index is 3330. The summed E-state index contributed by atoms with van der Waals surface area (Å²) in [6.45, 7) is 6.85. The van der Waals surface area contributed by atoms with Crippen molar-refractivity contribution in [1.82, 2.24) is 34.3 Å². The number of aromatic nitrogens is 6. The fraction of sp³-hybridized carbons (Fsp3) is 0.375. The van der Waals surface area contributed by atoms with E-state index in [1.165, 1.54) is 58.4 Å². The van der Waals surface area contributed by atoms with Gasteiger partial charge in [0.15, 0.2) is 23.1 Å². The second-order valence-corrected chi connectivity index (χ2v) is 22.1. The molecule has 4 bridgehead atoms. The number of hydrogen-bond donors (Lipinski definition) is 3. The molecule has 0 radical (unpaired) electrons. The van der Waals surface area contributed by atoms with Crippen LogP contribution in [0.4, 0.5) is 26.3 Å². The van der Waals surface area contributed by atoms with Gasteiger partial charge < -0.3 is 24.1 Å². The summed E-state index contributed by atoms with van der Waals surface area (Å²) < 4.78 is 157. The molecule has 0 saturated carbocycles. The lowest BCUT2D eigenvalue weighted by molar-refractivity contribution is -0.136. The number of aliphatic carboxylic acids is 1. The molecule has 0 aliphatic carbocycles. The minimum absolute atomic E-state index is 0.0302. The van der Waals surface area contributed by atoms with Crippen molar-refractivity contribution in [1.29, 1.82) is 0 Å². The largest absolute Gasteiger partial charge is 0.481 e. The molecule has 0 unspecified atom stereocenters. The van der Waals surface area contributed by atoms with E-state index in [0.717, 1.165) is 24.5 Å². The van der Waals surface area contributed by atoms with Gasteiger partial charge in [0, 0.05) is 36.9 Å². The lowest BCUT2D eigenvalue weighted by Gasteiger charge is -2.25. The molecule has 0 saturated heterocycles. The Labute approximate surface area is 427 Å². The van der Waals surface area contributed by atoms with E-state index in [4.69, 9.17) is 14.6 Å². The fourth-order valence-electron chi connectivity index (χ4n) is 7.91. The zero-order chi connectivity index (χ0) is 55.5. The molecule has 1 aliphatic heterocycles. The van der Waals surface area contributed by atoms with Crippen LogP contribution in [0.15, 0.2) is 83.4 Å². The summed E-state index contributed by atoms with van der Waals surface area (Å²) in [4.78, 5) is 32.5. The summed E-state index contributed by atoms with van der Waals surface area (Å²) in [6, 6.07) is 8.10. The number of fused-ring (bicyclic) bond motifs is 6. The normalized spacial score (nSPS) is 14.5. The van der Waals surface area contributed by atoms with Crippen molar-refractivity contribution in [3.05, 3.63) is 107 Å². The number of alkyl halides is 4. The Balaban J connectivity index is 0.000000244. The molecule has 0 atom stereocenters. The number of hydrogen-bond acceptors (Lipinski definition) is 14. The van der Waals surface area contributed by atoms with Crippen molar-refractivity contribution < 1.29 is 76.8 Å². The van der Waals surface area contributed by atoms with Gasteiger partial charge in [0.2, 0.25) is 27.7 Å². The molecule has 7 rings (SSSR count). The number of carbonyl (C=O) groups is 2. The number of carboxylic acid groups (broad SMARTS) is 1. The molecule has 5 heterocycles. The molecule has 1 aliphatic rings. The highest BCUT2D eigenvalue weighted by atomic mass is 32.2. The number of amides is 1. The molecule has 0 spiro atoms. The molecule has 0 fully saturated rings. The summed E-state index contributed by atoms with van der Waals surface area (Å²) >= 11 is 0. The minimum Gasteiger partial charge on any atom is -0.481 e. The van der Waals surface area contributed by atoms with Crippen LogP contribution in [0.25, 0.3) is 22.3 Å². The van der Waals surface area contributed by atoms with Gasteiger partial charge in [-0.05, 0) is 108 Å². The Morgan fingerprint density at radius 1 is 0.893 bits per heavy atom. The van der Waals surface area contributed by atoms with Crippen molar-refractivity contribution >= 4 is 31.9 Å². The quantitative estimate of drug-likeness (QED) is 0.0877. The number of primary sulfonamides is 1. The van der Waals surface area contributed by atoms with Gasteiger partial charge in [0.05, 0.1) is 36.3 Å². The molecule has 404 valence electrons. The van der Waals surface area contributed by atoms with Crippen LogP contribution in [-0.4, -0.2) is 89.8 Å². The highest BCUT2D eigenvalue weighted by Crippen LogP contribution is 2.41. The molecular weight excluding hydrogens is 1040 g/mol. The first kappa shape index (κ1) is 57.0. The van der Waals surface area contributed by atoms with Crippen LogP contribution in [0.2, 0.25) is 0 Å². The maximum atomic E-state index is 15.4. The van der Waals surface area contributed by atoms with E-state index in [2.05, 4.69) is 29.6 Å². The fourth-order valence-corrected chi connectivity index (χ4v) is 9.26. The lowest BCUT2D eigenvalue weighted by Crippen LogP contribution is -2.34. The maximum absolute atomic E-state index is 15.4. The standard InChI is InChI=1S/C24H27F3N4O6S.C24H25F3N4O5S/c1-13(2)21-17(9-20(32)33)16(8-18(22(21)25)37-23(26)27)14-5-6-29-19(7-14)36-12-24(3,4)31-11-15(10-30-31)38(28,34)35;1-13(2)21-17-9-19(32)30-37(33,34)15-10-29-31(11-15)24(3,4)12-35-20-7-14(5-6-28-20)16(17)8-18(22(21)25)36-23(26)27/h5-8,10-11,13,23H,9,12H2,1-4H3,(H,32,33)(H2,28,34,35);5-8,10-11,13,23H,9,12H2,1-4H3,(H,30,32). The van der Waals surface area contributed by atoms with E-state index in [-0.39, 0.29) is 68.1 Å². The summed E-state index contributed by atoms with van der Waals surface area (Å²) in [5.41, 5.74) is -0.478. The first-order valence-corrected chi connectivity index (χ1v) is 25.6. The van der Waals surface area contributed by atoms with Crippen molar-refractivity contribution in [3.63, 3.8) is 0 Å². The summed E-state index contributed by atoms with van der Waals surface area (Å²) in [7, 11) is -8.26. The van der Waals surface area contributed by atoms with E-state index in [1.54, 1.807) is 55.4 Å². The van der Waals surface area contributed by atoms with Crippen molar-refractivity contribution in [3.8, 4) is 45.5 Å². The van der Waals surface area contributed by atoms with Gasteiger partial charge in [-0.15, -0.1) is 0 Å². The number of rotatable bonds is 14. The number of halogens is 6. The van der Waals surface area contributed by atoms with E-state index in [9.17, 15) is 49.1 Å². The zero-order valence-corrected chi connectivity index (χ0v) is 43.1. The third-order valence-electron chi connectivity index (χ3n) is 11.5. The van der Waals surface area contributed by atoms with Crippen LogP contribution in [0.3, 0.4) is 0 Å². The number of benzene rings is 2. The second kappa shape index (κ2) is 22.3. The number of pyridine rings is 2. The van der Waals surface area contributed by atoms with Crippen LogP contribution >= 0.6 is 0 Å². The molecule has 19 nitrogen and oxygen atoms in total. The lowest BCUT2D eigenvalue weighted by atomic mass is 9.87. The number of carboxylic acids is 1. The van der Waals surface area contributed by atoms with E-state index in [0.29, 0.717) is 11.1 Å². The number of ether oxygens (including phenoxy) is 4. The van der Waals surface area contributed by atoms with Gasteiger partial charge in [-0.2, -0.15) is 27.8 Å². The number of carbonyl (C=O) groups excluding carboxylic acids is 1. The van der Waals surface area contributed by atoms with Crippen LogP contribution < -0.4 is 28.8 Å². The predicted molar refractivity (Wildman–Crippen MR) is 257 cm³/mol. The highest BCUT2D eigenvalue weighted by molar-refractivity contribution is 7.90. The van der Waals surface area contributed by atoms with Crippen LogP contribution in [-0.2, 0) is 53.6 Å². The third kappa shape index (κ3) is 13.5. The van der Waals surface area contributed by atoms with Gasteiger partial charge in [-0.3, -0.25) is 19.0 Å². The van der Waals surface area contributed by atoms with E-state index >= 15 is 8.78 Å². The van der Waals surface area contributed by atoms with E-state index in [1.807, 2.05) is 4.72 Å².